The SMILES string of the molecule is Cc1ccc(S(=O)(=O)NC(CO)Cc2ccccc2)cc1C. The zero-order valence-corrected chi connectivity index (χ0v) is 13.6. The average molecular weight is 319 g/mol. The Kier molecular flexibility index (Phi) is 5.34. The lowest BCUT2D eigenvalue weighted by Crippen LogP contribution is -2.39. The minimum Gasteiger partial charge on any atom is -0.395 e. The van der Waals surface area contributed by atoms with Crippen molar-refractivity contribution in [2.24, 2.45) is 0 Å². The topological polar surface area (TPSA) is 66.4 Å². The number of sulfonamides is 1. The lowest BCUT2D eigenvalue weighted by molar-refractivity contribution is 0.256. The summed E-state index contributed by atoms with van der Waals surface area (Å²) < 4.78 is 27.4. The van der Waals surface area contributed by atoms with E-state index in [1.54, 1.807) is 18.2 Å². The summed E-state index contributed by atoms with van der Waals surface area (Å²) in [5, 5.41) is 9.47. The first-order valence-corrected chi connectivity index (χ1v) is 8.65. The molecule has 0 bridgehead atoms. The van der Waals surface area contributed by atoms with E-state index >= 15 is 0 Å². The van der Waals surface area contributed by atoms with Crippen LogP contribution in [0.4, 0.5) is 0 Å². The summed E-state index contributed by atoms with van der Waals surface area (Å²) in [5.74, 6) is 0. The minimum atomic E-state index is -3.64. The Bertz CT molecular complexity index is 727. The normalized spacial score (nSPS) is 13.0. The summed E-state index contributed by atoms with van der Waals surface area (Å²) in [4.78, 5) is 0.224. The number of benzene rings is 2. The fourth-order valence-corrected chi connectivity index (χ4v) is 3.52. The van der Waals surface area contributed by atoms with Gasteiger partial charge >= 0.3 is 0 Å². The van der Waals surface area contributed by atoms with Gasteiger partial charge in [0.15, 0.2) is 0 Å². The van der Waals surface area contributed by atoms with Gasteiger partial charge < -0.3 is 5.11 Å². The summed E-state index contributed by atoms with van der Waals surface area (Å²) >= 11 is 0. The monoisotopic (exact) mass is 319 g/mol. The molecular formula is C17H21NO3S. The van der Waals surface area contributed by atoms with Gasteiger partial charge in [-0.15, -0.1) is 0 Å². The summed E-state index contributed by atoms with van der Waals surface area (Å²) in [7, 11) is -3.64. The Morgan fingerprint density at radius 1 is 1.05 bits per heavy atom. The maximum atomic E-state index is 12.4. The first-order valence-electron chi connectivity index (χ1n) is 7.17. The fourth-order valence-electron chi connectivity index (χ4n) is 2.21. The number of hydrogen-bond donors (Lipinski definition) is 2. The maximum Gasteiger partial charge on any atom is 0.240 e. The van der Waals surface area contributed by atoms with Gasteiger partial charge in [-0.25, -0.2) is 13.1 Å². The van der Waals surface area contributed by atoms with Gasteiger partial charge in [0.2, 0.25) is 10.0 Å². The number of aryl methyl sites for hydroxylation is 2. The van der Waals surface area contributed by atoms with Crippen LogP contribution in [0.1, 0.15) is 16.7 Å². The minimum absolute atomic E-state index is 0.224. The van der Waals surface area contributed by atoms with Crippen LogP contribution < -0.4 is 4.72 Å². The van der Waals surface area contributed by atoms with Crippen LogP contribution in [0.3, 0.4) is 0 Å². The third-order valence-electron chi connectivity index (χ3n) is 3.66. The standard InChI is InChI=1S/C17H21NO3S/c1-13-8-9-17(10-14(13)2)22(20,21)18-16(12-19)11-15-6-4-3-5-7-15/h3-10,16,18-19H,11-12H2,1-2H3. The second-order valence-electron chi connectivity index (χ2n) is 5.44. The van der Waals surface area contributed by atoms with Gasteiger partial charge in [-0.1, -0.05) is 36.4 Å². The summed E-state index contributed by atoms with van der Waals surface area (Å²) in [5.41, 5.74) is 2.94. The highest BCUT2D eigenvalue weighted by Crippen LogP contribution is 2.15. The molecule has 0 aliphatic heterocycles. The number of nitrogens with one attached hydrogen (secondary N) is 1. The van der Waals surface area contributed by atoms with E-state index in [0.717, 1.165) is 16.7 Å². The zero-order valence-electron chi connectivity index (χ0n) is 12.8. The van der Waals surface area contributed by atoms with E-state index in [0.29, 0.717) is 6.42 Å². The molecule has 118 valence electrons. The van der Waals surface area contributed by atoms with E-state index in [1.165, 1.54) is 0 Å². The van der Waals surface area contributed by atoms with Crippen molar-refractivity contribution in [3.05, 3.63) is 65.2 Å². The molecule has 1 atom stereocenters. The molecule has 0 aliphatic rings. The van der Waals surface area contributed by atoms with E-state index in [-0.39, 0.29) is 11.5 Å². The molecule has 22 heavy (non-hydrogen) atoms. The molecule has 2 aromatic carbocycles. The highest BCUT2D eigenvalue weighted by molar-refractivity contribution is 7.89. The highest BCUT2D eigenvalue weighted by Gasteiger charge is 2.20. The van der Waals surface area contributed by atoms with Gasteiger partial charge in [0, 0.05) is 6.04 Å². The Balaban J connectivity index is 2.16. The Morgan fingerprint density at radius 3 is 2.32 bits per heavy atom. The molecule has 1 unspecified atom stereocenters. The van der Waals surface area contributed by atoms with Crippen molar-refractivity contribution < 1.29 is 13.5 Å². The van der Waals surface area contributed by atoms with Crippen LogP contribution in [0.15, 0.2) is 53.4 Å². The molecule has 0 fully saturated rings. The van der Waals surface area contributed by atoms with Crippen LogP contribution in [-0.2, 0) is 16.4 Å². The lowest BCUT2D eigenvalue weighted by Gasteiger charge is -2.17. The van der Waals surface area contributed by atoms with Crippen molar-refractivity contribution in [1.82, 2.24) is 4.72 Å². The van der Waals surface area contributed by atoms with Gasteiger partial charge in [0.1, 0.15) is 0 Å². The van der Waals surface area contributed by atoms with Crippen LogP contribution in [0.5, 0.6) is 0 Å². The Morgan fingerprint density at radius 2 is 1.73 bits per heavy atom. The van der Waals surface area contributed by atoms with Gasteiger partial charge in [0.25, 0.3) is 0 Å². The molecule has 5 heteroatoms. The Labute approximate surface area is 131 Å². The zero-order chi connectivity index (χ0) is 16.2. The number of aliphatic hydroxyl groups is 1. The molecule has 0 aliphatic carbocycles. The van der Waals surface area contributed by atoms with E-state index < -0.39 is 16.1 Å². The van der Waals surface area contributed by atoms with Gasteiger partial charge in [-0.2, -0.15) is 0 Å². The third kappa shape index (κ3) is 4.16. The van der Waals surface area contributed by atoms with E-state index in [1.807, 2.05) is 44.2 Å². The van der Waals surface area contributed by atoms with E-state index in [9.17, 15) is 13.5 Å². The third-order valence-corrected chi connectivity index (χ3v) is 5.17. The van der Waals surface area contributed by atoms with Crippen molar-refractivity contribution in [2.45, 2.75) is 31.2 Å². The molecular weight excluding hydrogens is 298 g/mol. The predicted molar refractivity (Wildman–Crippen MR) is 87.3 cm³/mol. The van der Waals surface area contributed by atoms with Gasteiger partial charge in [-0.05, 0) is 49.1 Å². The summed E-state index contributed by atoms with van der Waals surface area (Å²) in [6.45, 7) is 3.56. The molecule has 2 aromatic rings. The molecule has 0 saturated heterocycles. The molecule has 0 aromatic heterocycles. The largest absolute Gasteiger partial charge is 0.395 e. The molecule has 2 N–H and O–H groups in total. The molecule has 0 heterocycles. The van der Waals surface area contributed by atoms with Crippen molar-refractivity contribution >= 4 is 10.0 Å². The van der Waals surface area contributed by atoms with Crippen molar-refractivity contribution in [1.29, 1.82) is 0 Å². The first-order chi connectivity index (χ1) is 10.4. The second kappa shape index (κ2) is 7.05. The van der Waals surface area contributed by atoms with E-state index in [2.05, 4.69) is 4.72 Å². The highest BCUT2D eigenvalue weighted by atomic mass is 32.2. The number of hydrogen-bond acceptors (Lipinski definition) is 3. The van der Waals surface area contributed by atoms with Gasteiger partial charge in [-0.3, -0.25) is 0 Å². The molecule has 0 spiro atoms. The summed E-state index contributed by atoms with van der Waals surface area (Å²) in [6.07, 6.45) is 0.446. The van der Waals surface area contributed by atoms with Crippen molar-refractivity contribution in [2.75, 3.05) is 6.61 Å². The molecule has 0 radical (unpaired) electrons. The fraction of sp³-hybridized carbons (Fsp3) is 0.294. The molecule has 0 saturated carbocycles. The van der Waals surface area contributed by atoms with Crippen LogP contribution in [0.25, 0.3) is 0 Å². The quantitative estimate of drug-likeness (QED) is 0.858. The maximum absolute atomic E-state index is 12.4. The molecule has 0 amide bonds. The average Bonchev–Trinajstić information content (AvgIpc) is 2.50. The van der Waals surface area contributed by atoms with Crippen LogP contribution in [0.2, 0.25) is 0 Å². The molecule has 2 rings (SSSR count). The summed E-state index contributed by atoms with van der Waals surface area (Å²) in [6, 6.07) is 14.0. The lowest BCUT2D eigenvalue weighted by atomic mass is 10.1. The number of aliphatic hydroxyl groups excluding tert-OH is 1. The van der Waals surface area contributed by atoms with Gasteiger partial charge in [0.05, 0.1) is 11.5 Å². The second-order valence-corrected chi connectivity index (χ2v) is 7.15. The first kappa shape index (κ1) is 16.7. The van der Waals surface area contributed by atoms with Crippen LogP contribution in [-0.4, -0.2) is 26.2 Å². The van der Waals surface area contributed by atoms with Crippen molar-refractivity contribution in [3.8, 4) is 0 Å². The van der Waals surface area contributed by atoms with Crippen molar-refractivity contribution in [3.63, 3.8) is 0 Å². The predicted octanol–water partition coefficient (Wildman–Crippen LogP) is 2.19. The smallest absolute Gasteiger partial charge is 0.240 e. The Hall–Kier alpha value is -1.69. The van der Waals surface area contributed by atoms with Crippen LogP contribution >= 0.6 is 0 Å². The molecule has 4 nitrogen and oxygen atoms in total. The number of rotatable bonds is 6. The van der Waals surface area contributed by atoms with E-state index in [4.69, 9.17) is 0 Å². The van der Waals surface area contributed by atoms with Crippen LogP contribution in [0, 0.1) is 13.8 Å².